The van der Waals surface area contributed by atoms with E-state index in [0.717, 1.165) is 65.8 Å². The van der Waals surface area contributed by atoms with Gasteiger partial charge in [-0.1, -0.05) is 77.8 Å². The van der Waals surface area contributed by atoms with E-state index in [9.17, 15) is 10.1 Å². The summed E-state index contributed by atoms with van der Waals surface area (Å²) in [6.07, 6.45) is 4.83. The predicted octanol–water partition coefficient (Wildman–Crippen LogP) is 9.35. The van der Waals surface area contributed by atoms with E-state index in [1.807, 2.05) is 31.2 Å². The third-order valence-electron chi connectivity index (χ3n) is 12.8. The number of nitrogens with one attached hydrogen (secondary N) is 1. The fourth-order valence-corrected chi connectivity index (χ4v) is 10.3. The molecule has 0 radical (unpaired) electrons. The van der Waals surface area contributed by atoms with Gasteiger partial charge < -0.3 is 14.8 Å². The van der Waals surface area contributed by atoms with Gasteiger partial charge in [0, 0.05) is 70.3 Å². The van der Waals surface area contributed by atoms with Gasteiger partial charge in [-0.2, -0.15) is 5.26 Å². The summed E-state index contributed by atoms with van der Waals surface area (Å²) in [6.45, 7) is 5.48. The molecule has 12 heteroatoms. The van der Waals surface area contributed by atoms with Crippen molar-refractivity contribution in [3.05, 3.63) is 99.2 Å². The Labute approximate surface area is 334 Å². The van der Waals surface area contributed by atoms with Crippen molar-refractivity contribution >= 4 is 50.9 Å². The average molecular weight is 788 g/mol. The van der Waals surface area contributed by atoms with Crippen LogP contribution >= 0.6 is 23.2 Å². The zero-order valence-corrected chi connectivity index (χ0v) is 32.8. The maximum atomic E-state index is 17.3. The number of rotatable bonds is 9. The van der Waals surface area contributed by atoms with Gasteiger partial charge in [-0.15, -0.1) is 5.10 Å². The van der Waals surface area contributed by atoms with Gasteiger partial charge in [0.2, 0.25) is 5.91 Å². The molecule has 56 heavy (non-hydrogen) atoms. The molecule has 5 fully saturated rings. The molecule has 9 nitrogen and oxygen atoms in total. The molecular weight excluding hydrogens is 746 g/mol. The quantitative estimate of drug-likeness (QED) is 0.157. The number of carbonyl (C=O) groups is 1. The molecule has 3 aromatic heterocycles. The standard InChI is InChI=1S/C44H41Cl2FN8O/c1-3-33-42(24-9-5-4-6-10-24)55(52-51-33)28-19-35(53(22-28)44(56)25-14-15-25)36-20-30-23(2)50-40-31(43(30)54(36)41-27-18-34(41)49-21-27)17-26(11-8-16-48)37(39(40)47)29-12-7-13-32(45)38(29)46/h4-7,9-10,12-13,17,20,25,27-28,34-35,41,49H,3,8,11,14-15,18-19,21-22H2,1-2H3. The number of carbonyl (C=O) groups excluding carboxylic acids is 1. The highest BCUT2D eigenvalue weighted by molar-refractivity contribution is 6.43. The van der Waals surface area contributed by atoms with Gasteiger partial charge in [-0.05, 0) is 75.1 Å². The lowest BCUT2D eigenvalue weighted by atomic mass is 9.79. The third-order valence-corrected chi connectivity index (χ3v) is 13.6. The maximum Gasteiger partial charge on any atom is 0.226 e. The highest BCUT2D eigenvalue weighted by atomic mass is 35.5. The van der Waals surface area contributed by atoms with Gasteiger partial charge in [0.1, 0.15) is 5.52 Å². The van der Waals surface area contributed by atoms with Crippen LogP contribution in [-0.2, 0) is 17.6 Å². The first-order valence-electron chi connectivity index (χ1n) is 19.8. The normalized spacial score (nSPS) is 22.9. The Balaban J connectivity index is 1.19. The summed E-state index contributed by atoms with van der Waals surface area (Å²) < 4.78 is 21.8. The summed E-state index contributed by atoms with van der Waals surface area (Å²) in [5.41, 5.74) is 7.41. The van der Waals surface area contributed by atoms with Crippen LogP contribution in [0.3, 0.4) is 0 Å². The van der Waals surface area contributed by atoms with E-state index >= 15 is 4.39 Å². The summed E-state index contributed by atoms with van der Waals surface area (Å²) in [5, 5.41) is 25.0. The first kappa shape index (κ1) is 35.6. The second-order valence-corrected chi connectivity index (χ2v) is 16.8. The number of aromatic nitrogens is 5. The number of aryl methyl sites for hydroxylation is 3. The van der Waals surface area contributed by atoms with Crippen molar-refractivity contribution in [3.8, 4) is 28.5 Å². The van der Waals surface area contributed by atoms with Crippen LogP contribution in [0.2, 0.25) is 10.0 Å². The Morgan fingerprint density at radius 1 is 1.07 bits per heavy atom. The number of likely N-dealkylation sites (tertiary alicyclic amines) is 1. The van der Waals surface area contributed by atoms with Crippen LogP contribution in [0.1, 0.15) is 79.8 Å². The lowest BCUT2D eigenvalue weighted by Gasteiger charge is -2.39. The Bertz CT molecular complexity index is 2600. The SMILES string of the molecule is CCc1nnn(C2CC(c3cc4c(C)nc5c(F)c(-c6cccc(Cl)c6Cl)c(CCC#N)cc5c4n3C3C4CNC3C4)N(C(=O)C3CC3)C2)c1-c1ccccc1. The maximum absolute atomic E-state index is 17.3. The Morgan fingerprint density at radius 3 is 2.61 bits per heavy atom. The molecule has 284 valence electrons. The fraction of sp³-hybridized carbons (Fsp3) is 0.386. The molecule has 0 spiro atoms. The molecule has 2 aliphatic carbocycles. The summed E-state index contributed by atoms with van der Waals surface area (Å²) in [4.78, 5) is 21.4. The fourth-order valence-electron chi connectivity index (χ4n) is 9.89. The van der Waals surface area contributed by atoms with Crippen LogP contribution in [-0.4, -0.2) is 54.5 Å². The van der Waals surface area contributed by atoms with Crippen molar-refractivity contribution in [2.75, 3.05) is 13.1 Å². The van der Waals surface area contributed by atoms with Gasteiger partial charge in [0.05, 0.1) is 51.1 Å². The second-order valence-electron chi connectivity index (χ2n) is 16.0. The van der Waals surface area contributed by atoms with Crippen molar-refractivity contribution in [2.24, 2.45) is 11.8 Å². The molecule has 1 N–H and O–H groups in total. The molecule has 6 heterocycles. The molecule has 5 atom stereocenters. The summed E-state index contributed by atoms with van der Waals surface area (Å²) in [6, 6.07) is 22.0. The predicted molar refractivity (Wildman–Crippen MR) is 216 cm³/mol. The van der Waals surface area contributed by atoms with E-state index in [0.29, 0.717) is 58.1 Å². The monoisotopic (exact) mass is 786 g/mol. The van der Waals surface area contributed by atoms with Crippen LogP contribution in [0.15, 0.2) is 60.7 Å². The van der Waals surface area contributed by atoms with E-state index in [2.05, 4.69) is 55.8 Å². The molecule has 2 bridgehead atoms. The van der Waals surface area contributed by atoms with Gasteiger partial charge in [0.25, 0.3) is 0 Å². The first-order valence-corrected chi connectivity index (χ1v) is 20.5. The van der Waals surface area contributed by atoms with E-state index in [1.54, 1.807) is 18.2 Å². The number of fused-ring (bicyclic) bond motifs is 4. The molecule has 11 rings (SSSR count). The summed E-state index contributed by atoms with van der Waals surface area (Å²) in [5.74, 6) is 0.145. The zero-order valence-electron chi connectivity index (χ0n) is 31.3. The number of hydrogen-bond donors (Lipinski definition) is 1. The van der Waals surface area contributed by atoms with Crippen LogP contribution in [0.25, 0.3) is 44.2 Å². The van der Waals surface area contributed by atoms with E-state index in [1.165, 1.54) is 0 Å². The van der Waals surface area contributed by atoms with Crippen molar-refractivity contribution < 1.29 is 9.18 Å². The number of amides is 1. The van der Waals surface area contributed by atoms with Crippen molar-refractivity contribution in [1.82, 2.24) is 34.8 Å². The van der Waals surface area contributed by atoms with E-state index < -0.39 is 5.82 Å². The Kier molecular flexibility index (Phi) is 8.69. The minimum absolute atomic E-state index is 0.0314. The minimum atomic E-state index is -0.480. The molecule has 1 amide bonds. The summed E-state index contributed by atoms with van der Waals surface area (Å²) in [7, 11) is 0. The van der Waals surface area contributed by atoms with Gasteiger partial charge in [-0.3, -0.25) is 4.79 Å². The summed E-state index contributed by atoms with van der Waals surface area (Å²) >= 11 is 13.2. The molecule has 3 aromatic carbocycles. The highest BCUT2D eigenvalue weighted by Gasteiger charge is 2.51. The minimum Gasteiger partial charge on any atom is -0.337 e. The lowest BCUT2D eigenvalue weighted by molar-refractivity contribution is -0.133. The van der Waals surface area contributed by atoms with Crippen molar-refractivity contribution in [2.45, 2.75) is 83.0 Å². The molecule has 5 unspecified atom stereocenters. The molecule has 2 saturated carbocycles. The van der Waals surface area contributed by atoms with Crippen LogP contribution < -0.4 is 5.32 Å². The largest absolute Gasteiger partial charge is 0.337 e. The molecular formula is C44H41Cl2FN8O. The van der Waals surface area contributed by atoms with E-state index in [4.69, 9.17) is 33.4 Å². The third kappa shape index (κ3) is 5.49. The number of nitrogens with zero attached hydrogens (tertiary/aromatic N) is 7. The molecule has 3 saturated heterocycles. The number of benzene rings is 3. The smallest absolute Gasteiger partial charge is 0.226 e. The Hall–Kier alpha value is -4.82. The average Bonchev–Trinajstić information content (AvgIpc) is 3.65. The molecule has 6 aromatic rings. The lowest BCUT2D eigenvalue weighted by Crippen LogP contribution is -2.41. The topological polar surface area (TPSA) is 105 Å². The number of halogens is 3. The number of nitriles is 1. The van der Waals surface area contributed by atoms with Crippen LogP contribution in [0, 0.1) is 35.9 Å². The van der Waals surface area contributed by atoms with Crippen molar-refractivity contribution in [3.63, 3.8) is 0 Å². The number of pyridine rings is 1. The first-order chi connectivity index (χ1) is 27.3. The zero-order chi connectivity index (χ0) is 38.4. The Morgan fingerprint density at radius 2 is 1.89 bits per heavy atom. The van der Waals surface area contributed by atoms with E-state index in [-0.39, 0.29) is 53.0 Å². The molecule has 5 aliphatic rings. The second kappa shape index (κ2) is 13.7. The highest BCUT2D eigenvalue weighted by Crippen LogP contribution is 2.52. The van der Waals surface area contributed by atoms with Crippen molar-refractivity contribution in [1.29, 1.82) is 5.26 Å². The van der Waals surface area contributed by atoms with Crippen LogP contribution in [0.4, 0.5) is 4.39 Å². The van der Waals surface area contributed by atoms with Gasteiger partial charge in [-0.25, -0.2) is 14.1 Å². The van der Waals surface area contributed by atoms with Crippen LogP contribution in [0.5, 0.6) is 0 Å². The number of hydrogen-bond acceptors (Lipinski definition) is 6. The molecule has 3 aliphatic heterocycles. The van der Waals surface area contributed by atoms with Gasteiger partial charge in [0.15, 0.2) is 5.82 Å². The van der Waals surface area contributed by atoms with Gasteiger partial charge >= 0.3 is 0 Å².